The molecule has 2 aromatic rings. The molecule has 1 aliphatic rings. The summed E-state index contributed by atoms with van der Waals surface area (Å²) in [6, 6.07) is 15.1. The molecule has 0 saturated heterocycles. The van der Waals surface area contributed by atoms with Crippen molar-refractivity contribution >= 4 is 17.5 Å². The van der Waals surface area contributed by atoms with Crippen molar-refractivity contribution in [1.82, 2.24) is 0 Å². The zero-order chi connectivity index (χ0) is 20.3. The third-order valence-corrected chi connectivity index (χ3v) is 5.58. The van der Waals surface area contributed by atoms with Gasteiger partial charge in [0, 0.05) is 5.56 Å². The average molecular weight is 373 g/mol. The molecule has 0 unspecified atom stereocenters. The van der Waals surface area contributed by atoms with Gasteiger partial charge in [0.15, 0.2) is 0 Å². The summed E-state index contributed by atoms with van der Waals surface area (Å²) >= 11 is 0. The van der Waals surface area contributed by atoms with Crippen molar-refractivity contribution < 1.29 is 0 Å². The van der Waals surface area contributed by atoms with E-state index in [9.17, 15) is 0 Å². The van der Waals surface area contributed by atoms with E-state index in [1.165, 1.54) is 33.4 Å². The maximum Gasteiger partial charge on any atom is 0.0630 e. The number of hydrogen-bond acceptors (Lipinski definition) is 2. The number of hydrogen-bond donors (Lipinski definition) is 1. The van der Waals surface area contributed by atoms with Crippen molar-refractivity contribution in [2.45, 2.75) is 59.8 Å². The first-order valence-corrected chi connectivity index (χ1v) is 10.3. The minimum atomic E-state index is 0.448. The van der Waals surface area contributed by atoms with Crippen LogP contribution in [0.15, 0.2) is 64.8 Å². The molecular formula is C26H32N2. The van der Waals surface area contributed by atoms with Gasteiger partial charge in [0.25, 0.3) is 0 Å². The van der Waals surface area contributed by atoms with Crippen LogP contribution in [-0.2, 0) is 0 Å². The lowest BCUT2D eigenvalue weighted by Crippen LogP contribution is -2.04. The van der Waals surface area contributed by atoms with E-state index < -0.39 is 0 Å². The maximum absolute atomic E-state index is 4.65. The third kappa shape index (κ3) is 4.27. The van der Waals surface area contributed by atoms with Crippen molar-refractivity contribution in [2.75, 3.05) is 5.43 Å². The summed E-state index contributed by atoms with van der Waals surface area (Å²) in [6.07, 6.45) is 5.29. The number of anilines is 1. The van der Waals surface area contributed by atoms with Crippen LogP contribution in [-0.4, -0.2) is 6.21 Å². The van der Waals surface area contributed by atoms with Crippen molar-refractivity contribution in [3.05, 3.63) is 81.9 Å². The molecule has 0 radical (unpaired) electrons. The Morgan fingerprint density at radius 3 is 2.11 bits per heavy atom. The van der Waals surface area contributed by atoms with Crippen molar-refractivity contribution in [2.24, 2.45) is 5.10 Å². The highest BCUT2D eigenvalue weighted by Crippen LogP contribution is 2.34. The van der Waals surface area contributed by atoms with Gasteiger partial charge < -0.3 is 0 Å². The summed E-state index contributed by atoms with van der Waals surface area (Å²) < 4.78 is 0. The van der Waals surface area contributed by atoms with Crippen LogP contribution in [0.4, 0.5) is 5.69 Å². The second kappa shape index (κ2) is 8.60. The summed E-state index contributed by atoms with van der Waals surface area (Å²) in [4.78, 5) is 0. The van der Waals surface area contributed by atoms with Gasteiger partial charge in [-0.3, -0.25) is 5.43 Å². The van der Waals surface area contributed by atoms with E-state index >= 15 is 0 Å². The molecule has 2 heteroatoms. The molecule has 146 valence electrons. The molecule has 2 aromatic carbocycles. The molecule has 28 heavy (non-hydrogen) atoms. The number of hydrazone groups is 1. The van der Waals surface area contributed by atoms with Crippen LogP contribution in [0.3, 0.4) is 0 Å². The third-order valence-electron chi connectivity index (χ3n) is 5.58. The summed E-state index contributed by atoms with van der Waals surface area (Å²) in [5, 5.41) is 4.65. The molecule has 1 aliphatic carbocycles. The molecule has 0 saturated carbocycles. The van der Waals surface area contributed by atoms with Crippen molar-refractivity contribution in [3.63, 3.8) is 0 Å². The molecular weight excluding hydrogens is 340 g/mol. The van der Waals surface area contributed by atoms with Gasteiger partial charge in [-0.25, -0.2) is 0 Å². The molecule has 0 bridgehead atoms. The van der Waals surface area contributed by atoms with E-state index in [0.717, 1.165) is 17.7 Å². The molecule has 1 N–H and O–H groups in total. The Morgan fingerprint density at radius 2 is 1.54 bits per heavy atom. The standard InChI is InChI=1S/C26H32N2/c1-17(2)23-12-9-13-24(18(3)4)26(23)28-27-16-21-10-7-8-11-25(21)22-14-19(5)20(6)15-22/h7-14,16-18,28H,15H2,1-6H3. The van der Waals surface area contributed by atoms with Crippen LogP contribution < -0.4 is 5.43 Å². The topological polar surface area (TPSA) is 24.4 Å². The van der Waals surface area contributed by atoms with Crippen LogP contribution in [0.5, 0.6) is 0 Å². The van der Waals surface area contributed by atoms with Gasteiger partial charge in [-0.1, -0.05) is 87.4 Å². The van der Waals surface area contributed by atoms with E-state index in [-0.39, 0.29) is 0 Å². The van der Waals surface area contributed by atoms with Crippen LogP contribution in [0.25, 0.3) is 5.57 Å². The summed E-state index contributed by atoms with van der Waals surface area (Å²) in [6.45, 7) is 13.3. The van der Waals surface area contributed by atoms with Gasteiger partial charge in [-0.2, -0.15) is 5.10 Å². The minimum absolute atomic E-state index is 0.448. The van der Waals surface area contributed by atoms with Crippen LogP contribution >= 0.6 is 0 Å². The molecule has 0 fully saturated rings. The SMILES string of the molecule is CC1=C(C)CC(c2ccccc2C=NNc2c(C(C)C)cccc2C(C)C)=C1. The predicted molar refractivity (Wildman–Crippen MR) is 123 cm³/mol. The highest BCUT2D eigenvalue weighted by Gasteiger charge is 2.15. The Kier molecular flexibility index (Phi) is 6.18. The van der Waals surface area contributed by atoms with Gasteiger partial charge in [0.05, 0.1) is 11.9 Å². The molecule has 0 amide bonds. The Labute approximate surface area is 170 Å². The second-order valence-electron chi connectivity index (χ2n) is 8.39. The molecule has 0 heterocycles. The number of allylic oxidation sites excluding steroid dienone is 4. The Balaban J connectivity index is 1.89. The number of nitrogens with zero attached hydrogens (tertiary/aromatic N) is 1. The smallest absolute Gasteiger partial charge is 0.0630 e. The van der Waals surface area contributed by atoms with Crippen molar-refractivity contribution in [3.8, 4) is 0 Å². The summed E-state index contributed by atoms with van der Waals surface area (Å²) in [7, 11) is 0. The fourth-order valence-corrected chi connectivity index (χ4v) is 3.78. The number of para-hydroxylation sites is 1. The highest BCUT2D eigenvalue weighted by atomic mass is 15.3. The summed E-state index contributed by atoms with van der Waals surface area (Å²) in [5.41, 5.74) is 13.8. The first kappa shape index (κ1) is 20.1. The van der Waals surface area contributed by atoms with Gasteiger partial charge in [-0.05, 0) is 54.4 Å². The van der Waals surface area contributed by atoms with E-state index in [1.807, 2.05) is 6.21 Å². The van der Waals surface area contributed by atoms with Crippen LogP contribution in [0, 0.1) is 0 Å². The van der Waals surface area contributed by atoms with Gasteiger partial charge in [-0.15, -0.1) is 0 Å². The zero-order valence-corrected chi connectivity index (χ0v) is 18.0. The van der Waals surface area contributed by atoms with Gasteiger partial charge >= 0.3 is 0 Å². The lowest BCUT2D eigenvalue weighted by molar-refractivity contribution is 0.835. The number of benzene rings is 2. The number of nitrogens with one attached hydrogen (secondary N) is 1. The zero-order valence-electron chi connectivity index (χ0n) is 18.0. The molecule has 0 atom stereocenters. The normalized spacial score (nSPS) is 14.5. The van der Waals surface area contributed by atoms with Gasteiger partial charge in [0.1, 0.15) is 0 Å². The highest BCUT2D eigenvalue weighted by molar-refractivity contribution is 5.90. The Morgan fingerprint density at radius 1 is 0.893 bits per heavy atom. The second-order valence-corrected chi connectivity index (χ2v) is 8.39. The molecule has 2 nitrogen and oxygen atoms in total. The summed E-state index contributed by atoms with van der Waals surface area (Å²) in [5.74, 6) is 0.897. The average Bonchev–Trinajstić information content (AvgIpc) is 3.00. The predicted octanol–water partition coefficient (Wildman–Crippen LogP) is 7.50. The monoisotopic (exact) mass is 372 g/mol. The quantitative estimate of drug-likeness (QED) is 0.412. The van der Waals surface area contributed by atoms with Crippen LogP contribution in [0.2, 0.25) is 0 Å². The van der Waals surface area contributed by atoms with E-state index in [1.54, 1.807) is 0 Å². The van der Waals surface area contributed by atoms with E-state index in [4.69, 9.17) is 0 Å². The Bertz CT molecular complexity index is 916. The fourth-order valence-electron chi connectivity index (χ4n) is 3.78. The molecule has 0 aliphatic heterocycles. The molecule has 0 aromatic heterocycles. The van der Waals surface area contributed by atoms with Crippen LogP contribution in [0.1, 0.15) is 82.1 Å². The van der Waals surface area contributed by atoms with Gasteiger partial charge in [0.2, 0.25) is 0 Å². The molecule has 0 spiro atoms. The lowest BCUT2D eigenvalue weighted by Gasteiger charge is -2.18. The largest absolute Gasteiger partial charge is 0.278 e. The maximum atomic E-state index is 4.65. The van der Waals surface area contributed by atoms with Crippen molar-refractivity contribution in [1.29, 1.82) is 0 Å². The lowest BCUT2D eigenvalue weighted by atomic mass is 9.93. The Hall–Kier alpha value is -2.61. The first-order valence-electron chi connectivity index (χ1n) is 10.3. The fraction of sp³-hybridized carbons (Fsp3) is 0.346. The van der Waals surface area contributed by atoms with E-state index in [2.05, 4.69) is 101 Å². The minimum Gasteiger partial charge on any atom is -0.278 e. The number of rotatable bonds is 6. The first-order chi connectivity index (χ1) is 13.4. The van der Waals surface area contributed by atoms with E-state index in [0.29, 0.717) is 11.8 Å². The molecule has 3 rings (SSSR count).